The molecular weight excluding hydrogens is 280 g/mol. The number of likely N-dealkylation sites (N-methyl/N-ethyl adjacent to an activating group) is 1. The molecule has 0 aliphatic carbocycles. The van der Waals surface area contributed by atoms with Crippen molar-refractivity contribution in [1.82, 2.24) is 10.2 Å². The van der Waals surface area contributed by atoms with Gasteiger partial charge in [0.15, 0.2) is 9.84 Å². The van der Waals surface area contributed by atoms with E-state index in [-0.39, 0.29) is 23.6 Å². The van der Waals surface area contributed by atoms with Crippen LogP contribution in [-0.2, 0) is 9.84 Å². The van der Waals surface area contributed by atoms with Crippen LogP contribution in [-0.4, -0.2) is 51.5 Å². The average molecular weight is 304 g/mol. The summed E-state index contributed by atoms with van der Waals surface area (Å²) in [5.74, 6) is 0.412. The highest BCUT2D eigenvalue weighted by Gasteiger charge is 2.18. The number of sulfone groups is 1. The Hall–Kier alpha value is -0.430. The van der Waals surface area contributed by atoms with E-state index in [1.54, 1.807) is 18.3 Å². The lowest BCUT2D eigenvalue weighted by Gasteiger charge is -2.25. The summed E-state index contributed by atoms with van der Waals surface area (Å²) in [4.78, 5) is 3.45. The standard InChI is InChI=1S/C13H24N2O2S2/c1-5-19(16,17)10-11(2)14-9-12(15(3)4)13-7-6-8-18-13/h6-8,11-12,14H,5,9-10H2,1-4H3. The van der Waals surface area contributed by atoms with Gasteiger partial charge in [-0.25, -0.2) is 8.42 Å². The number of hydrogen-bond donors (Lipinski definition) is 1. The molecule has 19 heavy (non-hydrogen) atoms. The van der Waals surface area contributed by atoms with E-state index in [9.17, 15) is 8.42 Å². The summed E-state index contributed by atoms with van der Waals surface area (Å²) in [6.07, 6.45) is 0. The maximum atomic E-state index is 11.6. The molecule has 2 unspecified atom stereocenters. The van der Waals surface area contributed by atoms with Gasteiger partial charge in [0.25, 0.3) is 0 Å². The van der Waals surface area contributed by atoms with E-state index in [0.717, 1.165) is 6.54 Å². The molecule has 0 saturated heterocycles. The van der Waals surface area contributed by atoms with Crippen LogP contribution in [0.5, 0.6) is 0 Å². The Kier molecular flexibility index (Phi) is 6.46. The van der Waals surface area contributed by atoms with Crippen molar-refractivity contribution < 1.29 is 8.42 Å². The molecule has 0 spiro atoms. The molecule has 2 atom stereocenters. The fraction of sp³-hybridized carbons (Fsp3) is 0.692. The molecule has 0 saturated carbocycles. The van der Waals surface area contributed by atoms with Crippen molar-refractivity contribution in [2.45, 2.75) is 25.9 Å². The monoisotopic (exact) mass is 304 g/mol. The summed E-state index contributed by atoms with van der Waals surface area (Å²) >= 11 is 1.73. The van der Waals surface area contributed by atoms with Crippen molar-refractivity contribution in [1.29, 1.82) is 0 Å². The Bertz CT molecular complexity index is 455. The highest BCUT2D eigenvalue weighted by atomic mass is 32.2. The van der Waals surface area contributed by atoms with E-state index in [4.69, 9.17) is 0 Å². The Morgan fingerprint density at radius 3 is 2.58 bits per heavy atom. The Morgan fingerprint density at radius 2 is 2.11 bits per heavy atom. The van der Waals surface area contributed by atoms with Crippen LogP contribution in [0.4, 0.5) is 0 Å². The van der Waals surface area contributed by atoms with Gasteiger partial charge in [-0.15, -0.1) is 11.3 Å². The predicted molar refractivity (Wildman–Crippen MR) is 82.5 cm³/mol. The first-order valence-electron chi connectivity index (χ1n) is 6.49. The van der Waals surface area contributed by atoms with Gasteiger partial charge in [-0.05, 0) is 32.5 Å². The van der Waals surface area contributed by atoms with Crippen LogP contribution in [0.15, 0.2) is 17.5 Å². The highest BCUT2D eigenvalue weighted by Crippen LogP contribution is 2.22. The summed E-state index contributed by atoms with van der Waals surface area (Å²) in [7, 11) is 1.17. The molecule has 1 aromatic heterocycles. The molecule has 0 fully saturated rings. The van der Waals surface area contributed by atoms with Gasteiger partial charge in [-0.2, -0.15) is 0 Å². The smallest absolute Gasteiger partial charge is 0.151 e. The van der Waals surface area contributed by atoms with E-state index >= 15 is 0 Å². The molecule has 1 aromatic rings. The third-order valence-electron chi connectivity index (χ3n) is 3.10. The summed E-state index contributed by atoms with van der Waals surface area (Å²) in [5, 5.41) is 5.39. The minimum atomic E-state index is -2.91. The molecule has 0 radical (unpaired) electrons. The van der Waals surface area contributed by atoms with Crippen LogP contribution < -0.4 is 5.32 Å². The van der Waals surface area contributed by atoms with Crippen LogP contribution in [0.25, 0.3) is 0 Å². The zero-order valence-electron chi connectivity index (χ0n) is 12.1. The fourth-order valence-corrected chi connectivity index (χ4v) is 3.93. The van der Waals surface area contributed by atoms with Gasteiger partial charge < -0.3 is 10.2 Å². The topological polar surface area (TPSA) is 49.4 Å². The largest absolute Gasteiger partial charge is 0.311 e. The summed E-state index contributed by atoms with van der Waals surface area (Å²) in [6.45, 7) is 4.37. The van der Waals surface area contributed by atoms with Crippen molar-refractivity contribution in [2.24, 2.45) is 0 Å². The highest BCUT2D eigenvalue weighted by molar-refractivity contribution is 7.91. The zero-order chi connectivity index (χ0) is 14.5. The minimum Gasteiger partial charge on any atom is -0.311 e. The summed E-state index contributed by atoms with van der Waals surface area (Å²) in [6, 6.07) is 4.42. The molecule has 1 heterocycles. The molecular formula is C13H24N2O2S2. The van der Waals surface area contributed by atoms with Gasteiger partial charge in [0.05, 0.1) is 11.8 Å². The van der Waals surface area contributed by atoms with Crippen LogP contribution in [0.1, 0.15) is 24.8 Å². The first kappa shape index (κ1) is 16.6. The second kappa shape index (κ2) is 7.38. The van der Waals surface area contributed by atoms with E-state index in [1.165, 1.54) is 4.88 Å². The van der Waals surface area contributed by atoms with Crippen molar-refractivity contribution >= 4 is 21.2 Å². The first-order chi connectivity index (χ1) is 8.85. The third kappa shape index (κ3) is 5.60. The molecule has 6 heteroatoms. The SMILES string of the molecule is CCS(=O)(=O)CC(C)NCC(c1cccs1)N(C)C. The quantitative estimate of drug-likeness (QED) is 0.795. The predicted octanol–water partition coefficient (Wildman–Crippen LogP) is 1.76. The van der Waals surface area contributed by atoms with Crippen LogP contribution in [0.2, 0.25) is 0 Å². The second-order valence-electron chi connectivity index (χ2n) is 5.00. The van der Waals surface area contributed by atoms with Crippen molar-refractivity contribution in [2.75, 3.05) is 32.1 Å². The maximum Gasteiger partial charge on any atom is 0.151 e. The van der Waals surface area contributed by atoms with E-state index in [1.807, 2.05) is 27.1 Å². The molecule has 0 bridgehead atoms. The Morgan fingerprint density at radius 1 is 1.42 bits per heavy atom. The number of rotatable bonds is 8. The number of thiophene rings is 1. The van der Waals surface area contributed by atoms with Gasteiger partial charge >= 0.3 is 0 Å². The number of nitrogens with zero attached hydrogens (tertiary/aromatic N) is 1. The number of nitrogens with one attached hydrogen (secondary N) is 1. The zero-order valence-corrected chi connectivity index (χ0v) is 13.7. The van der Waals surface area contributed by atoms with Gasteiger partial charge in [0.2, 0.25) is 0 Å². The summed E-state index contributed by atoms with van der Waals surface area (Å²) in [5.41, 5.74) is 0. The minimum absolute atomic E-state index is 0.0210. The van der Waals surface area contributed by atoms with E-state index in [2.05, 4.69) is 21.7 Å². The molecule has 1 N–H and O–H groups in total. The molecule has 110 valence electrons. The average Bonchev–Trinajstić information content (AvgIpc) is 2.82. The molecule has 0 aliphatic heterocycles. The Labute approximate surface area is 120 Å². The van der Waals surface area contributed by atoms with Crippen LogP contribution in [0.3, 0.4) is 0 Å². The number of hydrogen-bond acceptors (Lipinski definition) is 5. The molecule has 0 aliphatic rings. The lowest BCUT2D eigenvalue weighted by atomic mass is 10.2. The second-order valence-corrected chi connectivity index (χ2v) is 8.38. The normalized spacial score (nSPS) is 15.6. The van der Waals surface area contributed by atoms with Gasteiger partial charge in [0.1, 0.15) is 0 Å². The first-order valence-corrected chi connectivity index (χ1v) is 9.19. The lowest BCUT2D eigenvalue weighted by molar-refractivity contribution is 0.287. The molecule has 0 aromatic carbocycles. The summed E-state index contributed by atoms with van der Waals surface area (Å²) < 4.78 is 23.1. The van der Waals surface area contributed by atoms with E-state index in [0.29, 0.717) is 0 Å². The Balaban J connectivity index is 2.54. The molecule has 0 amide bonds. The molecule has 1 rings (SSSR count). The van der Waals surface area contributed by atoms with Gasteiger partial charge in [-0.1, -0.05) is 13.0 Å². The van der Waals surface area contributed by atoms with Gasteiger partial charge in [0, 0.05) is 23.2 Å². The van der Waals surface area contributed by atoms with Gasteiger partial charge in [-0.3, -0.25) is 0 Å². The van der Waals surface area contributed by atoms with Crippen molar-refractivity contribution in [3.63, 3.8) is 0 Å². The maximum absolute atomic E-state index is 11.6. The molecule has 4 nitrogen and oxygen atoms in total. The van der Waals surface area contributed by atoms with Crippen molar-refractivity contribution in [3.05, 3.63) is 22.4 Å². The lowest BCUT2D eigenvalue weighted by Crippen LogP contribution is -2.39. The van der Waals surface area contributed by atoms with Crippen molar-refractivity contribution in [3.8, 4) is 0 Å². The van der Waals surface area contributed by atoms with Crippen LogP contribution in [0, 0.1) is 0 Å². The van der Waals surface area contributed by atoms with Crippen LogP contribution >= 0.6 is 11.3 Å². The third-order valence-corrected chi connectivity index (χ3v) is 5.96. The van der Waals surface area contributed by atoms with E-state index < -0.39 is 9.84 Å². The fourth-order valence-electron chi connectivity index (χ4n) is 1.89.